The van der Waals surface area contributed by atoms with E-state index >= 15 is 0 Å². The highest BCUT2D eigenvalue weighted by molar-refractivity contribution is 7.80. The Hall–Kier alpha value is -3.68. The summed E-state index contributed by atoms with van der Waals surface area (Å²) in [5.74, 6) is 1.36. The van der Waals surface area contributed by atoms with Gasteiger partial charge in [-0.3, -0.25) is 9.78 Å². The van der Waals surface area contributed by atoms with Crippen LogP contribution in [0, 0.1) is 6.92 Å². The molecule has 2 atom stereocenters. The molecule has 0 saturated carbocycles. The van der Waals surface area contributed by atoms with Gasteiger partial charge >= 0.3 is 0 Å². The third-order valence-corrected chi connectivity index (χ3v) is 6.97. The third kappa shape index (κ3) is 5.12. The van der Waals surface area contributed by atoms with Crippen molar-refractivity contribution in [2.45, 2.75) is 25.4 Å². The fraction of sp³-hybridized carbons (Fsp3) is 0.179. The molecule has 1 fully saturated rings. The molecule has 0 bridgehead atoms. The topological polar surface area (TPSA) is 70.4 Å². The van der Waals surface area contributed by atoms with E-state index in [1.165, 1.54) is 0 Å². The molecule has 2 N–H and O–H groups in total. The van der Waals surface area contributed by atoms with E-state index in [-0.39, 0.29) is 24.4 Å². The summed E-state index contributed by atoms with van der Waals surface area (Å²) in [5, 5.41) is 7.57. The highest BCUT2D eigenvalue weighted by atomic mass is 35.5. The van der Waals surface area contributed by atoms with Crippen molar-refractivity contribution in [2.75, 3.05) is 11.9 Å². The van der Waals surface area contributed by atoms with Crippen molar-refractivity contribution >= 4 is 40.5 Å². The Kier molecular flexibility index (Phi) is 7.02. The van der Waals surface area contributed by atoms with Crippen LogP contribution in [0.4, 0.5) is 5.69 Å². The van der Waals surface area contributed by atoms with Crippen LogP contribution in [0.15, 0.2) is 89.5 Å². The number of anilines is 1. The number of benzene rings is 2. The molecule has 0 radical (unpaired) electrons. The van der Waals surface area contributed by atoms with E-state index in [1.54, 1.807) is 6.20 Å². The molecule has 1 aliphatic rings. The number of nitrogens with zero attached hydrogens (tertiary/aromatic N) is 2. The van der Waals surface area contributed by atoms with E-state index in [2.05, 4.69) is 15.6 Å². The minimum absolute atomic E-state index is 0.0848. The average Bonchev–Trinajstić information content (AvgIpc) is 3.50. The third-order valence-electron chi connectivity index (χ3n) is 6.21. The Balaban J connectivity index is 1.41. The lowest BCUT2D eigenvalue weighted by Gasteiger charge is -2.25. The van der Waals surface area contributed by atoms with E-state index in [1.807, 2.05) is 90.7 Å². The number of nitrogens with one attached hydrogen (secondary N) is 2. The monoisotopic (exact) mass is 516 g/mol. The van der Waals surface area contributed by atoms with Gasteiger partial charge in [0, 0.05) is 35.4 Å². The number of hydrogen-bond acceptors (Lipinski definition) is 4. The first-order valence-electron chi connectivity index (χ1n) is 11.7. The summed E-state index contributed by atoms with van der Waals surface area (Å²) in [6, 6.07) is 24.5. The van der Waals surface area contributed by atoms with Crippen molar-refractivity contribution in [3.63, 3.8) is 0 Å². The van der Waals surface area contributed by atoms with E-state index in [0.717, 1.165) is 28.3 Å². The van der Waals surface area contributed by atoms with E-state index in [4.69, 9.17) is 28.2 Å². The maximum absolute atomic E-state index is 12.7. The van der Waals surface area contributed by atoms with Crippen LogP contribution in [0.3, 0.4) is 0 Å². The van der Waals surface area contributed by atoms with Crippen molar-refractivity contribution < 1.29 is 9.21 Å². The minimum Gasteiger partial charge on any atom is -0.459 e. The standard InChI is InChI=1S/C28H25ClN4O2S/c1-18-10-11-19(17-21(18)29)23-12-13-24(35-23)27-26(22-9-5-6-15-30-22)32-28(36)33(27)16-14-25(34)31-20-7-3-2-4-8-20/h2-13,15,17,26-27H,14,16H2,1H3,(H,31,34)(H,32,36)/t26-,27-/m0/s1. The first kappa shape index (κ1) is 24.0. The molecule has 4 aromatic rings. The van der Waals surface area contributed by atoms with Crippen LogP contribution < -0.4 is 10.6 Å². The lowest BCUT2D eigenvalue weighted by Crippen LogP contribution is -2.32. The number of amides is 1. The number of pyridine rings is 1. The van der Waals surface area contributed by atoms with Crippen LogP contribution in [-0.2, 0) is 4.79 Å². The van der Waals surface area contributed by atoms with Crippen LogP contribution >= 0.6 is 23.8 Å². The van der Waals surface area contributed by atoms with Gasteiger partial charge in [-0.05, 0) is 67.2 Å². The number of thiocarbonyl (C=S) groups is 1. The molecule has 2 aromatic heterocycles. The normalized spacial score (nSPS) is 17.2. The van der Waals surface area contributed by atoms with E-state index < -0.39 is 0 Å². The van der Waals surface area contributed by atoms with Gasteiger partial charge in [-0.15, -0.1) is 0 Å². The minimum atomic E-state index is -0.272. The van der Waals surface area contributed by atoms with Gasteiger partial charge in [0.15, 0.2) is 5.11 Å². The van der Waals surface area contributed by atoms with Crippen LogP contribution in [0.25, 0.3) is 11.3 Å². The summed E-state index contributed by atoms with van der Waals surface area (Å²) < 4.78 is 6.35. The molecule has 0 aliphatic carbocycles. The highest BCUT2D eigenvalue weighted by Crippen LogP contribution is 2.40. The quantitative estimate of drug-likeness (QED) is 0.281. The number of furan rings is 1. The second-order valence-corrected chi connectivity index (χ2v) is 9.44. The SMILES string of the molecule is Cc1ccc(-c2ccc([C@H]3[C@H](c4ccccn4)NC(=S)N3CCC(=O)Nc3ccccc3)o2)cc1Cl. The summed E-state index contributed by atoms with van der Waals surface area (Å²) in [7, 11) is 0. The van der Waals surface area contributed by atoms with Gasteiger partial charge in [-0.2, -0.15) is 0 Å². The van der Waals surface area contributed by atoms with Crippen molar-refractivity contribution in [2.24, 2.45) is 0 Å². The molecule has 3 heterocycles. The lowest BCUT2D eigenvalue weighted by molar-refractivity contribution is -0.116. The van der Waals surface area contributed by atoms with Crippen molar-refractivity contribution in [3.8, 4) is 11.3 Å². The van der Waals surface area contributed by atoms with E-state index in [0.29, 0.717) is 22.4 Å². The van der Waals surface area contributed by atoms with Gasteiger partial charge in [-0.1, -0.05) is 48.0 Å². The van der Waals surface area contributed by atoms with Crippen molar-refractivity contribution in [3.05, 3.63) is 107 Å². The molecule has 182 valence electrons. The zero-order valence-corrected chi connectivity index (χ0v) is 21.2. The molecule has 0 unspecified atom stereocenters. The molecule has 2 aromatic carbocycles. The van der Waals surface area contributed by atoms with Gasteiger partial charge in [0.2, 0.25) is 5.91 Å². The lowest BCUT2D eigenvalue weighted by atomic mass is 10.0. The van der Waals surface area contributed by atoms with E-state index in [9.17, 15) is 4.79 Å². The maximum atomic E-state index is 12.7. The summed E-state index contributed by atoms with van der Waals surface area (Å²) in [4.78, 5) is 19.2. The molecule has 5 rings (SSSR count). The second-order valence-electron chi connectivity index (χ2n) is 8.65. The maximum Gasteiger partial charge on any atom is 0.226 e. The molecule has 1 amide bonds. The predicted octanol–water partition coefficient (Wildman–Crippen LogP) is 6.30. The first-order valence-corrected chi connectivity index (χ1v) is 12.5. The summed E-state index contributed by atoms with van der Waals surface area (Å²) >= 11 is 12.1. The fourth-order valence-electron chi connectivity index (χ4n) is 4.34. The van der Waals surface area contributed by atoms with Gasteiger partial charge in [0.05, 0.1) is 11.7 Å². The smallest absolute Gasteiger partial charge is 0.226 e. The molecule has 8 heteroatoms. The average molecular weight is 517 g/mol. The first-order chi connectivity index (χ1) is 17.5. The zero-order chi connectivity index (χ0) is 25.1. The predicted molar refractivity (Wildman–Crippen MR) is 146 cm³/mol. The molecular weight excluding hydrogens is 492 g/mol. The van der Waals surface area contributed by atoms with Crippen LogP contribution in [-0.4, -0.2) is 27.4 Å². The second kappa shape index (κ2) is 10.5. The number of carbonyl (C=O) groups excluding carboxylic acids is 1. The van der Waals surface area contributed by atoms with Gasteiger partial charge < -0.3 is 20.0 Å². The van der Waals surface area contributed by atoms with Crippen LogP contribution in [0.1, 0.15) is 35.5 Å². The molecule has 6 nitrogen and oxygen atoms in total. The number of rotatable bonds is 7. The Bertz CT molecular complexity index is 1380. The van der Waals surface area contributed by atoms with Crippen LogP contribution in [0.5, 0.6) is 0 Å². The van der Waals surface area contributed by atoms with Crippen molar-refractivity contribution in [1.82, 2.24) is 15.2 Å². The van der Waals surface area contributed by atoms with Gasteiger partial charge in [0.1, 0.15) is 17.6 Å². The number of aromatic nitrogens is 1. The Morgan fingerprint density at radius 2 is 1.92 bits per heavy atom. The Morgan fingerprint density at radius 1 is 1.11 bits per heavy atom. The number of carbonyl (C=O) groups is 1. The van der Waals surface area contributed by atoms with Gasteiger partial charge in [0.25, 0.3) is 0 Å². The number of hydrogen-bond donors (Lipinski definition) is 2. The fourth-order valence-corrected chi connectivity index (χ4v) is 4.85. The van der Waals surface area contributed by atoms with Crippen LogP contribution in [0.2, 0.25) is 5.02 Å². The summed E-state index contributed by atoms with van der Waals surface area (Å²) in [6.07, 6.45) is 2.03. The molecule has 1 aliphatic heterocycles. The highest BCUT2D eigenvalue weighted by Gasteiger charge is 2.41. The molecule has 36 heavy (non-hydrogen) atoms. The van der Waals surface area contributed by atoms with Gasteiger partial charge in [-0.25, -0.2) is 0 Å². The molecular formula is C28H25ClN4O2S. The molecule has 1 saturated heterocycles. The number of aryl methyl sites for hydroxylation is 1. The number of halogens is 1. The zero-order valence-electron chi connectivity index (χ0n) is 19.6. The van der Waals surface area contributed by atoms with Crippen molar-refractivity contribution in [1.29, 1.82) is 0 Å². The summed E-state index contributed by atoms with van der Waals surface area (Å²) in [6.45, 7) is 2.39. The number of para-hydroxylation sites is 1. The molecule has 0 spiro atoms. The Morgan fingerprint density at radius 3 is 2.67 bits per heavy atom. The Labute approximate surface area is 220 Å². The largest absolute Gasteiger partial charge is 0.459 e. The summed E-state index contributed by atoms with van der Waals surface area (Å²) in [5.41, 5.74) is 3.51.